The van der Waals surface area contributed by atoms with Gasteiger partial charge in [-0.15, -0.1) is 0 Å². The van der Waals surface area contributed by atoms with E-state index in [0.717, 1.165) is 6.07 Å². The normalized spacial score (nSPS) is 13.7. The molecule has 0 bridgehead atoms. The summed E-state index contributed by atoms with van der Waals surface area (Å²) in [5.74, 6) is -1.83. The average Bonchev–Trinajstić information content (AvgIpc) is 2.38. The van der Waals surface area contributed by atoms with Crippen molar-refractivity contribution in [2.75, 3.05) is 6.61 Å². The molecule has 0 aromatic heterocycles. The van der Waals surface area contributed by atoms with Gasteiger partial charge >= 0.3 is 11.2 Å². The van der Waals surface area contributed by atoms with Crippen LogP contribution < -0.4 is 0 Å². The van der Waals surface area contributed by atoms with Crippen molar-refractivity contribution >= 4 is 61.3 Å². The molecular formula is C10H6F3I2O6S-. The summed E-state index contributed by atoms with van der Waals surface area (Å²) in [5.41, 5.74) is -0.406. The standard InChI is InChI=1S/C10H7F3I2O6S/c11-7(10(12,13)22(18,19)20)3-21-9(17)5-1-4(14)2-6(15)8(5)16/h1-2,7,16H,3H2,(H,18,19,20)/p-1. The first-order valence-corrected chi connectivity index (χ1v) is 8.77. The Morgan fingerprint density at radius 1 is 1.41 bits per heavy atom. The van der Waals surface area contributed by atoms with Gasteiger partial charge in [0.2, 0.25) is 6.17 Å². The van der Waals surface area contributed by atoms with Gasteiger partial charge in [-0.2, -0.15) is 8.78 Å². The fraction of sp³-hybridized carbons (Fsp3) is 0.300. The largest absolute Gasteiger partial charge is 0.743 e. The molecule has 0 spiro atoms. The molecule has 124 valence electrons. The smallest absolute Gasteiger partial charge is 0.368 e. The minimum Gasteiger partial charge on any atom is -0.743 e. The van der Waals surface area contributed by atoms with Crippen molar-refractivity contribution < 1.29 is 40.8 Å². The molecule has 1 aromatic carbocycles. The van der Waals surface area contributed by atoms with Crippen LogP contribution in [0.15, 0.2) is 12.1 Å². The van der Waals surface area contributed by atoms with Crippen molar-refractivity contribution in [1.29, 1.82) is 0 Å². The first kappa shape index (κ1) is 19.7. The summed E-state index contributed by atoms with van der Waals surface area (Å²) in [5, 5.41) is 4.42. The molecule has 12 heteroatoms. The van der Waals surface area contributed by atoms with Gasteiger partial charge in [-0.3, -0.25) is 0 Å². The Balaban J connectivity index is 2.88. The molecule has 1 aromatic rings. The van der Waals surface area contributed by atoms with E-state index >= 15 is 0 Å². The molecule has 0 amide bonds. The van der Waals surface area contributed by atoms with Crippen LogP contribution in [0.25, 0.3) is 0 Å². The summed E-state index contributed by atoms with van der Waals surface area (Å²) < 4.78 is 74.5. The number of phenols is 1. The van der Waals surface area contributed by atoms with Crippen molar-refractivity contribution in [3.63, 3.8) is 0 Å². The number of aromatic hydroxyl groups is 1. The molecule has 0 aliphatic rings. The zero-order valence-corrected chi connectivity index (χ0v) is 15.4. The average molecular weight is 565 g/mol. The highest BCUT2D eigenvalue weighted by Crippen LogP contribution is 2.30. The van der Waals surface area contributed by atoms with E-state index in [9.17, 15) is 36.0 Å². The van der Waals surface area contributed by atoms with Crippen LogP contribution in [0.5, 0.6) is 5.75 Å². The number of phenolic OH excluding ortho intramolecular Hbond substituents is 1. The molecule has 0 aliphatic carbocycles. The molecule has 1 unspecified atom stereocenters. The van der Waals surface area contributed by atoms with Gasteiger partial charge in [0.1, 0.15) is 17.9 Å². The Morgan fingerprint density at radius 3 is 2.45 bits per heavy atom. The van der Waals surface area contributed by atoms with E-state index in [1.807, 2.05) is 22.6 Å². The Hall–Kier alpha value is -0.350. The summed E-state index contributed by atoms with van der Waals surface area (Å²) in [4.78, 5) is 11.6. The van der Waals surface area contributed by atoms with Crippen LogP contribution in [0.3, 0.4) is 0 Å². The molecule has 0 aliphatic heterocycles. The van der Waals surface area contributed by atoms with Gasteiger partial charge in [0, 0.05) is 3.57 Å². The number of rotatable bonds is 5. The van der Waals surface area contributed by atoms with Crippen LogP contribution in [0.4, 0.5) is 13.2 Å². The van der Waals surface area contributed by atoms with E-state index in [0.29, 0.717) is 3.57 Å². The number of alkyl halides is 3. The lowest BCUT2D eigenvalue weighted by molar-refractivity contribution is -0.0363. The molecule has 0 fully saturated rings. The highest BCUT2D eigenvalue weighted by Gasteiger charge is 2.48. The third kappa shape index (κ3) is 4.35. The minimum absolute atomic E-state index is 0.265. The molecule has 0 saturated carbocycles. The second-order valence-corrected chi connectivity index (χ2v) is 7.73. The van der Waals surface area contributed by atoms with Crippen LogP contribution in [0, 0.1) is 7.14 Å². The van der Waals surface area contributed by atoms with E-state index < -0.39 is 45.4 Å². The lowest BCUT2D eigenvalue weighted by Crippen LogP contribution is -2.41. The Bertz CT molecular complexity index is 694. The van der Waals surface area contributed by atoms with Crippen molar-refractivity contribution in [2.45, 2.75) is 11.4 Å². The number of benzene rings is 1. The maximum Gasteiger partial charge on any atom is 0.368 e. The molecule has 0 radical (unpaired) electrons. The third-order valence-corrected chi connectivity index (χ3v) is 4.67. The fourth-order valence-electron chi connectivity index (χ4n) is 1.20. The summed E-state index contributed by atoms with van der Waals surface area (Å²) in [7, 11) is -6.24. The van der Waals surface area contributed by atoms with Gasteiger partial charge in [-0.25, -0.2) is 17.6 Å². The number of halogens is 5. The second-order valence-electron chi connectivity index (χ2n) is 3.87. The lowest BCUT2D eigenvalue weighted by Gasteiger charge is -2.23. The van der Waals surface area contributed by atoms with Crippen LogP contribution in [0.1, 0.15) is 10.4 Å². The highest BCUT2D eigenvalue weighted by atomic mass is 127. The molecule has 6 nitrogen and oxygen atoms in total. The van der Waals surface area contributed by atoms with Crippen molar-refractivity contribution in [2.24, 2.45) is 0 Å². The van der Waals surface area contributed by atoms with Crippen LogP contribution in [-0.4, -0.2) is 42.1 Å². The highest BCUT2D eigenvalue weighted by molar-refractivity contribution is 14.1. The van der Waals surface area contributed by atoms with Crippen molar-refractivity contribution in [3.8, 4) is 5.75 Å². The number of hydrogen-bond acceptors (Lipinski definition) is 6. The Kier molecular flexibility index (Phi) is 6.30. The molecule has 1 N–H and O–H groups in total. The van der Waals surface area contributed by atoms with Crippen molar-refractivity contribution in [1.82, 2.24) is 0 Å². The molecule has 22 heavy (non-hydrogen) atoms. The Morgan fingerprint density at radius 2 is 1.95 bits per heavy atom. The first-order valence-electron chi connectivity index (χ1n) is 5.20. The van der Waals surface area contributed by atoms with E-state index in [1.54, 1.807) is 22.6 Å². The number of carbonyl (C=O) groups is 1. The van der Waals surface area contributed by atoms with Gasteiger partial charge in [-0.1, -0.05) is 0 Å². The molecule has 0 saturated heterocycles. The zero-order chi connectivity index (χ0) is 17.3. The summed E-state index contributed by atoms with van der Waals surface area (Å²) in [6.45, 7) is -1.66. The molecular weight excluding hydrogens is 559 g/mol. The maximum absolute atomic E-state index is 13.1. The topological polar surface area (TPSA) is 104 Å². The number of esters is 1. The van der Waals surface area contributed by atoms with Crippen LogP contribution in [0.2, 0.25) is 0 Å². The van der Waals surface area contributed by atoms with Gasteiger partial charge in [0.05, 0.1) is 3.57 Å². The summed E-state index contributed by atoms with van der Waals surface area (Å²) in [6.07, 6.45) is -3.53. The SMILES string of the molecule is O=C(OCC(F)C(F)(F)S(=O)(=O)[O-])c1cc(I)cc(I)c1O. The number of ether oxygens (including phenoxy) is 1. The summed E-state index contributed by atoms with van der Waals surface area (Å²) >= 11 is 3.50. The number of hydrogen-bond donors (Lipinski definition) is 1. The lowest BCUT2D eigenvalue weighted by atomic mass is 10.2. The monoisotopic (exact) mass is 565 g/mol. The predicted molar refractivity (Wildman–Crippen MR) is 83.4 cm³/mol. The third-order valence-electron chi connectivity index (χ3n) is 2.31. The van der Waals surface area contributed by atoms with E-state index in [4.69, 9.17) is 0 Å². The van der Waals surface area contributed by atoms with Gasteiger partial charge < -0.3 is 14.4 Å². The molecule has 1 atom stereocenters. The van der Waals surface area contributed by atoms with Crippen LogP contribution >= 0.6 is 45.2 Å². The predicted octanol–water partition coefficient (Wildman–Crippen LogP) is 2.23. The fourth-order valence-corrected chi connectivity index (χ4v) is 3.43. The van der Waals surface area contributed by atoms with Crippen molar-refractivity contribution in [3.05, 3.63) is 24.8 Å². The molecule has 0 heterocycles. The minimum atomic E-state index is -6.24. The summed E-state index contributed by atoms with van der Waals surface area (Å²) in [6, 6.07) is 2.67. The zero-order valence-electron chi connectivity index (χ0n) is 10.2. The quantitative estimate of drug-likeness (QED) is 0.334. The first-order chi connectivity index (χ1) is 9.87. The van der Waals surface area contributed by atoms with E-state index in [1.165, 1.54) is 6.07 Å². The van der Waals surface area contributed by atoms with Crippen LogP contribution in [-0.2, 0) is 14.9 Å². The van der Waals surface area contributed by atoms with E-state index in [-0.39, 0.29) is 3.57 Å². The van der Waals surface area contributed by atoms with Gasteiger partial charge in [0.25, 0.3) is 0 Å². The van der Waals surface area contributed by atoms with E-state index in [2.05, 4.69) is 4.74 Å². The molecule has 1 rings (SSSR count). The van der Waals surface area contributed by atoms with Gasteiger partial charge in [0.15, 0.2) is 10.1 Å². The maximum atomic E-state index is 13.1. The van der Waals surface area contributed by atoms with Gasteiger partial charge in [-0.05, 0) is 57.3 Å². The Labute approximate surface area is 150 Å². The second kappa shape index (κ2) is 7.04. The number of carbonyl (C=O) groups excluding carboxylic acids is 1.